The topological polar surface area (TPSA) is 24.4 Å². The van der Waals surface area contributed by atoms with Crippen LogP contribution < -0.4 is 5.32 Å². The smallest absolute Gasteiger partial charge is 0.107 e. The van der Waals surface area contributed by atoms with E-state index in [2.05, 4.69) is 23.4 Å². The van der Waals surface area contributed by atoms with Crippen LogP contribution in [0.1, 0.15) is 26.2 Å². The van der Waals surface area contributed by atoms with Gasteiger partial charge in [0.1, 0.15) is 6.67 Å². The quantitative estimate of drug-likeness (QED) is 0.558. The Balaban J connectivity index is 2.28. The molecule has 0 amide bonds. The van der Waals surface area contributed by atoms with Gasteiger partial charge in [-0.3, -0.25) is 4.99 Å². The molecule has 0 saturated heterocycles. The van der Waals surface area contributed by atoms with Crippen LogP contribution in [0.5, 0.6) is 0 Å². The van der Waals surface area contributed by atoms with Crippen molar-refractivity contribution < 1.29 is 0 Å². The maximum absolute atomic E-state index is 4.22. The van der Waals surface area contributed by atoms with E-state index in [9.17, 15) is 0 Å². The average Bonchev–Trinajstić information content (AvgIpc) is 2.06. The molecule has 2 nitrogen and oxygen atoms in total. The summed E-state index contributed by atoms with van der Waals surface area (Å²) in [7, 11) is 0. The van der Waals surface area contributed by atoms with Crippen LogP contribution in [0.15, 0.2) is 16.3 Å². The van der Waals surface area contributed by atoms with Crippen molar-refractivity contribution in [3.05, 3.63) is 11.3 Å². The average molecular weight is 150 g/mol. The maximum Gasteiger partial charge on any atom is 0.107 e. The van der Waals surface area contributed by atoms with Crippen molar-refractivity contribution in [3.63, 3.8) is 0 Å². The van der Waals surface area contributed by atoms with E-state index in [-0.39, 0.29) is 0 Å². The summed E-state index contributed by atoms with van der Waals surface area (Å²) in [6.07, 6.45) is 5.94. The standard InChI is InChI=1S/C9H14N2/c1-7-3-2-4-9-8(7)5-10-6-11-9/h5,7,11H,2-4,6H2,1H3/t7-/m1/s1. The lowest BCUT2D eigenvalue weighted by molar-refractivity contribution is 0.524. The fraction of sp³-hybridized carbons (Fsp3) is 0.667. The van der Waals surface area contributed by atoms with E-state index < -0.39 is 0 Å². The van der Waals surface area contributed by atoms with Crippen LogP contribution in [0.2, 0.25) is 0 Å². The summed E-state index contributed by atoms with van der Waals surface area (Å²) in [5.74, 6) is 0.718. The van der Waals surface area contributed by atoms with Crippen LogP contribution in [-0.4, -0.2) is 12.9 Å². The highest BCUT2D eigenvalue weighted by Gasteiger charge is 2.19. The fourth-order valence-corrected chi connectivity index (χ4v) is 1.86. The number of hydrogen-bond acceptors (Lipinski definition) is 2. The van der Waals surface area contributed by atoms with Crippen molar-refractivity contribution in [2.75, 3.05) is 6.67 Å². The lowest BCUT2D eigenvalue weighted by Gasteiger charge is -2.26. The molecule has 0 bridgehead atoms. The summed E-state index contributed by atoms with van der Waals surface area (Å²) in [6.45, 7) is 3.07. The Kier molecular flexibility index (Phi) is 1.68. The third kappa shape index (κ3) is 1.17. The Morgan fingerprint density at radius 2 is 2.55 bits per heavy atom. The number of rotatable bonds is 0. The van der Waals surface area contributed by atoms with Gasteiger partial charge in [-0.1, -0.05) is 6.92 Å². The highest BCUT2D eigenvalue weighted by atomic mass is 15.0. The molecule has 11 heavy (non-hydrogen) atoms. The van der Waals surface area contributed by atoms with Crippen molar-refractivity contribution in [1.82, 2.24) is 5.32 Å². The number of allylic oxidation sites excluding steroid dienone is 2. The van der Waals surface area contributed by atoms with Crippen LogP contribution in [-0.2, 0) is 0 Å². The molecule has 0 aromatic heterocycles. The first-order chi connectivity index (χ1) is 5.38. The summed E-state index contributed by atoms with van der Waals surface area (Å²) in [4.78, 5) is 4.22. The molecule has 2 aliphatic rings. The van der Waals surface area contributed by atoms with Gasteiger partial charge in [0, 0.05) is 11.9 Å². The molecule has 0 aromatic carbocycles. The monoisotopic (exact) mass is 150 g/mol. The molecule has 1 N–H and O–H groups in total. The second kappa shape index (κ2) is 2.68. The summed E-state index contributed by atoms with van der Waals surface area (Å²) in [6, 6.07) is 0. The lowest BCUT2D eigenvalue weighted by Crippen LogP contribution is -2.25. The molecule has 60 valence electrons. The number of aliphatic imine (C=N–C) groups is 1. The van der Waals surface area contributed by atoms with Gasteiger partial charge in [-0.05, 0) is 30.8 Å². The normalized spacial score (nSPS) is 29.7. The van der Waals surface area contributed by atoms with Crippen LogP contribution in [0, 0.1) is 5.92 Å². The summed E-state index contributed by atoms with van der Waals surface area (Å²) in [5, 5.41) is 3.33. The van der Waals surface area contributed by atoms with Gasteiger partial charge in [-0.2, -0.15) is 0 Å². The Labute approximate surface area is 67.4 Å². The summed E-state index contributed by atoms with van der Waals surface area (Å²) < 4.78 is 0. The predicted octanol–water partition coefficient (Wildman–Crippen LogP) is 1.69. The van der Waals surface area contributed by atoms with Gasteiger partial charge in [-0.15, -0.1) is 0 Å². The molecule has 2 rings (SSSR count). The molecule has 0 spiro atoms. The van der Waals surface area contributed by atoms with Gasteiger partial charge in [-0.25, -0.2) is 0 Å². The number of hydrogen-bond donors (Lipinski definition) is 1. The molecule has 0 radical (unpaired) electrons. The first-order valence-corrected chi connectivity index (χ1v) is 4.34. The molecule has 1 aliphatic heterocycles. The minimum atomic E-state index is 0.718. The van der Waals surface area contributed by atoms with Crippen LogP contribution in [0.3, 0.4) is 0 Å². The Bertz CT molecular complexity index is 216. The molecule has 0 unspecified atom stereocenters. The van der Waals surface area contributed by atoms with E-state index in [0.717, 1.165) is 12.6 Å². The predicted molar refractivity (Wildman–Crippen MR) is 46.5 cm³/mol. The van der Waals surface area contributed by atoms with Crippen LogP contribution >= 0.6 is 0 Å². The van der Waals surface area contributed by atoms with E-state index in [1.807, 2.05) is 0 Å². The van der Waals surface area contributed by atoms with E-state index in [1.165, 1.54) is 30.5 Å². The van der Waals surface area contributed by atoms with E-state index in [0.29, 0.717) is 0 Å². The van der Waals surface area contributed by atoms with Crippen molar-refractivity contribution in [1.29, 1.82) is 0 Å². The number of nitrogens with one attached hydrogen (secondary N) is 1. The SMILES string of the molecule is C[C@@H]1CCCC2=C1C=NCN2. The van der Waals surface area contributed by atoms with Crippen molar-refractivity contribution >= 4 is 6.21 Å². The van der Waals surface area contributed by atoms with E-state index in [1.54, 1.807) is 0 Å². The zero-order valence-corrected chi connectivity index (χ0v) is 6.93. The minimum Gasteiger partial charge on any atom is -0.369 e. The molecule has 0 aromatic rings. The third-order valence-corrected chi connectivity index (χ3v) is 2.56. The maximum atomic E-state index is 4.22. The molecule has 1 heterocycles. The highest BCUT2D eigenvalue weighted by molar-refractivity contribution is 5.81. The van der Waals surface area contributed by atoms with Gasteiger partial charge in [0.05, 0.1) is 0 Å². The van der Waals surface area contributed by atoms with E-state index in [4.69, 9.17) is 0 Å². The summed E-state index contributed by atoms with van der Waals surface area (Å²) >= 11 is 0. The zero-order valence-electron chi connectivity index (χ0n) is 6.93. The van der Waals surface area contributed by atoms with Gasteiger partial charge in [0.25, 0.3) is 0 Å². The van der Waals surface area contributed by atoms with Crippen molar-refractivity contribution in [2.45, 2.75) is 26.2 Å². The van der Waals surface area contributed by atoms with Crippen molar-refractivity contribution in [3.8, 4) is 0 Å². The second-order valence-corrected chi connectivity index (χ2v) is 3.37. The van der Waals surface area contributed by atoms with Gasteiger partial charge in [0.15, 0.2) is 0 Å². The zero-order chi connectivity index (χ0) is 7.68. The molecule has 0 saturated carbocycles. The van der Waals surface area contributed by atoms with Gasteiger partial charge < -0.3 is 5.32 Å². The second-order valence-electron chi connectivity index (χ2n) is 3.37. The third-order valence-electron chi connectivity index (χ3n) is 2.56. The number of nitrogens with zero attached hydrogens (tertiary/aromatic N) is 1. The van der Waals surface area contributed by atoms with E-state index >= 15 is 0 Å². The minimum absolute atomic E-state index is 0.718. The molecule has 1 aliphatic carbocycles. The van der Waals surface area contributed by atoms with Crippen molar-refractivity contribution in [2.24, 2.45) is 10.9 Å². The Morgan fingerprint density at radius 3 is 3.36 bits per heavy atom. The first kappa shape index (κ1) is 6.89. The molecular weight excluding hydrogens is 136 g/mol. The Hall–Kier alpha value is -0.790. The van der Waals surface area contributed by atoms with Crippen LogP contribution in [0.4, 0.5) is 0 Å². The lowest BCUT2D eigenvalue weighted by atomic mass is 9.87. The molecule has 1 atom stereocenters. The highest BCUT2D eigenvalue weighted by Crippen LogP contribution is 2.28. The van der Waals surface area contributed by atoms with Crippen LogP contribution in [0.25, 0.3) is 0 Å². The molecular formula is C9H14N2. The van der Waals surface area contributed by atoms with Gasteiger partial charge in [0.2, 0.25) is 0 Å². The largest absolute Gasteiger partial charge is 0.369 e. The fourth-order valence-electron chi connectivity index (χ4n) is 1.86. The molecule has 2 heteroatoms. The Morgan fingerprint density at radius 1 is 1.64 bits per heavy atom. The molecule has 0 fully saturated rings. The first-order valence-electron chi connectivity index (χ1n) is 4.34. The summed E-state index contributed by atoms with van der Waals surface area (Å²) in [5.41, 5.74) is 2.89. The van der Waals surface area contributed by atoms with Gasteiger partial charge >= 0.3 is 0 Å².